The van der Waals surface area contributed by atoms with Gasteiger partial charge >= 0.3 is 0 Å². The number of carbonyl (C=O) groups excluding carboxylic acids is 1. The molecule has 0 spiro atoms. The summed E-state index contributed by atoms with van der Waals surface area (Å²) in [4.78, 5) is 13.0. The first kappa shape index (κ1) is 14.0. The summed E-state index contributed by atoms with van der Waals surface area (Å²) in [6.07, 6.45) is 0. The Morgan fingerprint density at radius 3 is 2.59 bits per heavy atom. The van der Waals surface area contributed by atoms with E-state index in [0.717, 1.165) is 15.8 Å². The van der Waals surface area contributed by atoms with Crippen molar-refractivity contribution in [3.63, 3.8) is 0 Å². The van der Waals surface area contributed by atoms with Gasteiger partial charge in [-0.1, -0.05) is 29.8 Å². The molecule has 0 saturated heterocycles. The van der Waals surface area contributed by atoms with Crippen molar-refractivity contribution in [2.24, 2.45) is 0 Å². The number of hydrogen-bond donors (Lipinski definition) is 0. The third-order valence-corrected chi connectivity index (χ3v) is 2.94. The second-order valence-corrected chi connectivity index (χ2v) is 5.33. The SMILES string of the molecule is CC(C)c1cc(Br)ccc1OCC(=O)N(C)C. The summed E-state index contributed by atoms with van der Waals surface area (Å²) in [5.41, 5.74) is 1.10. The molecule has 17 heavy (non-hydrogen) atoms. The van der Waals surface area contributed by atoms with Gasteiger partial charge < -0.3 is 9.64 Å². The Hall–Kier alpha value is -1.03. The molecule has 0 aliphatic heterocycles. The van der Waals surface area contributed by atoms with Crippen LogP contribution >= 0.6 is 15.9 Å². The number of halogens is 1. The minimum absolute atomic E-state index is 0.0392. The molecule has 1 amide bonds. The van der Waals surface area contributed by atoms with E-state index in [4.69, 9.17) is 4.74 Å². The van der Waals surface area contributed by atoms with Crippen LogP contribution in [0.4, 0.5) is 0 Å². The molecule has 0 saturated carbocycles. The lowest BCUT2D eigenvalue weighted by Crippen LogP contribution is -2.27. The second-order valence-electron chi connectivity index (χ2n) is 4.41. The molecule has 0 aromatic heterocycles. The lowest BCUT2D eigenvalue weighted by molar-refractivity contribution is -0.130. The van der Waals surface area contributed by atoms with E-state index in [9.17, 15) is 4.79 Å². The Bertz CT molecular complexity index is 402. The summed E-state index contributed by atoms with van der Waals surface area (Å²) in [7, 11) is 3.44. The Kier molecular flexibility index (Phi) is 5.00. The number of likely N-dealkylation sites (N-methyl/N-ethyl adjacent to an activating group) is 1. The van der Waals surface area contributed by atoms with Gasteiger partial charge in [-0.3, -0.25) is 4.79 Å². The van der Waals surface area contributed by atoms with Gasteiger partial charge in [-0.05, 0) is 29.7 Å². The van der Waals surface area contributed by atoms with Crippen molar-refractivity contribution in [2.75, 3.05) is 20.7 Å². The van der Waals surface area contributed by atoms with Crippen LogP contribution in [0.25, 0.3) is 0 Å². The number of amides is 1. The highest BCUT2D eigenvalue weighted by atomic mass is 79.9. The summed E-state index contributed by atoms with van der Waals surface area (Å²) in [5.74, 6) is 1.10. The third-order valence-electron chi connectivity index (χ3n) is 2.44. The van der Waals surface area contributed by atoms with E-state index < -0.39 is 0 Å². The van der Waals surface area contributed by atoms with Gasteiger partial charge in [-0.2, -0.15) is 0 Å². The molecule has 4 heteroatoms. The van der Waals surface area contributed by atoms with Crippen LogP contribution < -0.4 is 4.74 Å². The third kappa shape index (κ3) is 4.04. The molecule has 1 rings (SSSR count). The van der Waals surface area contributed by atoms with Crippen LogP contribution in [0.1, 0.15) is 25.3 Å². The number of nitrogens with zero attached hydrogens (tertiary/aromatic N) is 1. The fourth-order valence-corrected chi connectivity index (χ4v) is 1.75. The number of hydrogen-bond acceptors (Lipinski definition) is 2. The molecule has 0 unspecified atom stereocenters. The van der Waals surface area contributed by atoms with Crippen LogP contribution in [-0.2, 0) is 4.79 Å². The van der Waals surface area contributed by atoms with Crippen LogP contribution in [-0.4, -0.2) is 31.5 Å². The lowest BCUT2D eigenvalue weighted by Gasteiger charge is -2.16. The molecule has 1 aromatic carbocycles. The van der Waals surface area contributed by atoms with Crippen molar-refractivity contribution >= 4 is 21.8 Å². The van der Waals surface area contributed by atoms with Crippen LogP contribution in [0.15, 0.2) is 22.7 Å². The summed E-state index contributed by atoms with van der Waals surface area (Å²) in [6, 6.07) is 5.84. The van der Waals surface area contributed by atoms with Gasteiger partial charge in [0.05, 0.1) is 0 Å². The van der Waals surface area contributed by atoms with E-state index in [0.29, 0.717) is 5.92 Å². The largest absolute Gasteiger partial charge is 0.483 e. The Morgan fingerprint density at radius 1 is 1.41 bits per heavy atom. The Morgan fingerprint density at radius 2 is 2.06 bits per heavy atom. The highest BCUT2D eigenvalue weighted by Gasteiger charge is 2.11. The van der Waals surface area contributed by atoms with Crippen LogP contribution in [0.3, 0.4) is 0 Å². The molecular formula is C13H18BrNO2. The molecule has 0 bridgehead atoms. The Labute approximate surface area is 111 Å². The van der Waals surface area contributed by atoms with Crippen LogP contribution in [0.2, 0.25) is 0 Å². The average Bonchev–Trinajstić information content (AvgIpc) is 2.26. The average molecular weight is 300 g/mol. The quantitative estimate of drug-likeness (QED) is 0.855. The standard InChI is InChI=1S/C13H18BrNO2/c1-9(2)11-7-10(14)5-6-12(11)17-8-13(16)15(3)4/h5-7,9H,8H2,1-4H3. The summed E-state index contributed by atoms with van der Waals surface area (Å²) >= 11 is 3.44. The highest BCUT2D eigenvalue weighted by molar-refractivity contribution is 9.10. The zero-order valence-corrected chi connectivity index (χ0v) is 12.2. The molecule has 0 atom stereocenters. The minimum Gasteiger partial charge on any atom is -0.483 e. The van der Waals surface area contributed by atoms with Crippen molar-refractivity contribution < 1.29 is 9.53 Å². The maximum Gasteiger partial charge on any atom is 0.259 e. The molecular weight excluding hydrogens is 282 g/mol. The highest BCUT2D eigenvalue weighted by Crippen LogP contribution is 2.29. The van der Waals surface area contributed by atoms with Gasteiger partial charge in [0, 0.05) is 18.6 Å². The number of carbonyl (C=O) groups is 1. The number of benzene rings is 1. The fourth-order valence-electron chi connectivity index (χ4n) is 1.37. The van der Waals surface area contributed by atoms with Gasteiger partial charge in [-0.15, -0.1) is 0 Å². The summed E-state index contributed by atoms with van der Waals surface area (Å²) < 4.78 is 6.59. The van der Waals surface area contributed by atoms with E-state index in [1.807, 2.05) is 18.2 Å². The van der Waals surface area contributed by atoms with Crippen molar-refractivity contribution in [2.45, 2.75) is 19.8 Å². The molecule has 1 aromatic rings. The van der Waals surface area contributed by atoms with E-state index in [2.05, 4.69) is 29.8 Å². The second kappa shape index (κ2) is 6.05. The van der Waals surface area contributed by atoms with E-state index in [1.54, 1.807) is 14.1 Å². The van der Waals surface area contributed by atoms with E-state index in [1.165, 1.54) is 4.90 Å². The molecule has 94 valence electrons. The molecule has 0 aliphatic rings. The van der Waals surface area contributed by atoms with Crippen molar-refractivity contribution in [1.82, 2.24) is 4.90 Å². The molecule has 0 aliphatic carbocycles. The summed E-state index contributed by atoms with van der Waals surface area (Å²) in [6.45, 7) is 4.28. The van der Waals surface area contributed by atoms with Crippen LogP contribution in [0, 0.1) is 0 Å². The first-order valence-corrected chi connectivity index (χ1v) is 6.33. The van der Waals surface area contributed by atoms with Gasteiger partial charge in [0.25, 0.3) is 5.91 Å². The van der Waals surface area contributed by atoms with Gasteiger partial charge in [0.2, 0.25) is 0 Å². The molecule has 0 radical (unpaired) electrons. The first-order valence-electron chi connectivity index (χ1n) is 5.54. The fraction of sp³-hybridized carbons (Fsp3) is 0.462. The monoisotopic (exact) mass is 299 g/mol. The summed E-state index contributed by atoms with van der Waals surface area (Å²) in [5, 5.41) is 0. The topological polar surface area (TPSA) is 29.5 Å². The zero-order chi connectivity index (χ0) is 13.0. The maximum atomic E-state index is 11.5. The maximum absolute atomic E-state index is 11.5. The predicted octanol–water partition coefficient (Wildman–Crippen LogP) is 3.04. The predicted molar refractivity (Wildman–Crippen MR) is 72.4 cm³/mol. The van der Waals surface area contributed by atoms with E-state index >= 15 is 0 Å². The lowest BCUT2D eigenvalue weighted by atomic mass is 10.0. The molecule has 0 heterocycles. The van der Waals surface area contributed by atoms with Crippen molar-refractivity contribution in [3.8, 4) is 5.75 Å². The molecule has 3 nitrogen and oxygen atoms in total. The smallest absolute Gasteiger partial charge is 0.259 e. The number of rotatable bonds is 4. The van der Waals surface area contributed by atoms with Gasteiger partial charge in [-0.25, -0.2) is 0 Å². The van der Waals surface area contributed by atoms with Gasteiger partial charge in [0.15, 0.2) is 6.61 Å². The van der Waals surface area contributed by atoms with Gasteiger partial charge in [0.1, 0.15) is 5.75 Å². The van der Waals surface area contributed by atoms with Crippen molar-refractivity contribution in [1.29, 1.82) is 0 Å². The van der Waals surface area contributed by atoms with E-state index in [-0.39, 0.29) is 12.5 Å². The molecule has 0 N–H and O–H groups in total. The zero-order valence-electron chi connectivity index (χ0n) is 10.7. The number of ether oxygens (including phenoxy) is 1. The minimum atomic E-state index is -0.0392. The first-order chi connectivity index (χ1) is 7.91. The normalized spacial score (nSPS) is 10.5. The molecule has 0 fully saturated rings. The van der Waals surface area contributed by atoms with Crippen LogP contribution in [0.5, 0.6) is 5.75 Å². The Balaban J connectivity index is 2.80. The van der Waals surface area contributed by atoms with Crippen molar-refractivity contribution in [3.05, 3.63) is 28.2 Å².